The molecular formula is C16H18PSe+. The van der Waals surface area contributed by atoms with E-state index in [1.165, 1.54) is 36.3 Å². The molecule has 0 aliphatic heterocycles. The van der Waals surface area contributed by atoms with Crippen molar-refractivity contribution >= 4 is 21.3 Å². The Hall–Kier alpha value is -0.741. The van der Waals surface area contributed by atoms with Gasteiger partial charge in [-0.3, -0.25) is 0 Å². The number of aryl methyl sites for hydroxylation is 2. The molecule has 0 saturated heterocycles. The molecule has 0 aliphatic carbocycles. The fourth-order valence-corrected chi connectivity index (χ4v) is 4.30. The zero-order valence-corrected chi connectivity index (χ0v) is 13.1. The Kier molecular flexibility index (Phi) is 5.81. The van der Waals surface area contributed by atoms with Gasteiger partial charge in [0.05, 0.1) is 0 Å². The van der Waals surface area contributed by atoms with Crippen molar-refractivity contribution in [1.29, 1.82) is 0 Å². The van der Waals surface area contributed by atoms with Crippen LogP contribution in [-0.2, 0) is 12.8 Å². The molecule has 0 amide bonds. The maximum absolute atomic E-state index is 3.38. The van der Waals surface area contributed by atoms with Crippen molar-refractivity contribution in [2.75, 3.05) is 12.3 Å². The second kappa shape index (κ2) is 7.64. The summed E-state index contributed by atoms with van der Waals surface area (Å²) in [4.78, 5) is 0. The average molecular weight is 320 g/mol. The first kappa shape index (κ1) is 13.7. The minimum absolute atomic E-state index is 0.0471. The van der Waals surface area contributed by atoms with Crippen molar-refractivity contribution in [2.24, 2.45) is 0 Å². The summed E-state index contributed by atoms with van der Waals surface area (Å²) >= 11 is 3.38. The van der Waals surface area contributed by atoms with Gasteiger partial charge in [-0.2, -0.15) is 0 Å². The van der Waals surface area contributed by atoms with E-state index in [4.69, 9.17) is 0 Å². The molecule has 0 nitrogen and oxygen atoms in total. The number of benzene rings is 2. The van der Waals surface area contributed by atoms with Crippen molar-refractivity contribution < 1.29 is 0 Å². The molecule has 0 aliphatic rings. The summed E-state index contributed by atoms with van der Waals surface area (Å²) in [7, 11) is 0. The molecule has 0 N–H and O–H groups in total. The third-order valence-corrected chi connectivity index (χ3v) is 6.73. The van der Waals surface area contributed by atoms with Gasteiger partial charge in [-0.15, -0.1) is 0 Å². The molecule has 0 saturated carbocycles. The van der Waals surface area contributed by atoms with E-state index in [-0.39, 0.29) is 6.17 Å². The van der Waals surface area contributed by atoms with Gasteiger partial charge in [-0.1, -0.05) is 0 Å². The monoisotopic (exact) mass is 321 g/mol. The Morgan fingerprint density at radius 3 is 1.44 bits per heavy atom. The van der Waals surface area contributed by atoms with Crippen LogP contribution >= 0.6 is 6.17 Å². The fraction of sp³-hybridized carbons (Fsp3) is 0.250. The Morgan fingerprint density at radius 2 is 1.06 bits per heavy atom. The van der Waals surface area contributed by atoms with Crippen LogP contribution in [0.1, 0.15) is 11.1 Å². The summed E-state index contributed by atoms with van der Waals surface area (Å²) in [5.74, 6) is 0. The van der Waals surface area contributed by atoms with Crippen LogP contribution in [-0.4, -0.2) is 27.4 Å². The molecule has 0 unspecified atom stereocenters. The number of rotatable bonds is 6. The normalized spacial score (nSPS) is 10.2. The van der Waals surface area contributed by atoms with Crippen molar-refractivity contribution in [3.05, 3.63) is 71.8 Å². The third-order valence-electron chi connectivity index (χ3n) is 2.99. The van der Waals surface area contributed by atoms with Gasteiger partial charge in [-0.05, 0) is 0 Å². The van der Waals surface area contributed by atoms with E-state index < -0.39 is 0 Å². The molecule has 2 rings (SSSR count). The average Bonchev–Trinajstić information content (AvgIpc) is 2.45. The second-order valence-corrected chi connectivity index (χ2v) is 9.51. The molecule has 0 bridgehead atoms. The fourth-order valence-electron chi connectivity index (χ4n) is 1.91. The van der Waals surface area contributed by atoms with Gasteiger partial charge in [0.1, 0.15) is 0 Å². The quantitative estimate of drug-likeness (QED) is 0.557. The molecule has 2 aromatic rings. The third kappa shape index (κ3) is 4.86. The molecule has 0 heterocycles. The molecule has 92 valence electrons. The Morgan fingerprint density at radius 1 is 0.667 bits per heavy atom. The second-order valence-electron chi connectivity index (χ2n) is 4.40. The molecule has 0 fully saturated rings. The number of hydrogen-bond donors (Lipinski definition) is 0. The van der Waals surface area contributed by atoms with Crippen molar-refractivity contribution in [2.45, 2.75) is 12.8 Å². The molecule has 2 heteroatoms. The summed E-state index contributed by atoms with van der Waals surface area (Å²) in [6.45, 7) is 0. The van der Waals surface area contributed by atoms with E-state index in [9.17, 15) is 0 Å². The summed E-state index contributed by atoms with van der Waals surface area (Å²) in [5, 5.41) is 0. The first-order valence-electron chi connectivity index (χ1n) is 6.34. The van der Waals surface area contributed by atoms with Gasteiger partial charge in [0, 0.05) is 0 Å². The maximum atomic E-state index is 3.38. The van der Waals surface area contributed by atoms with Gasteiger partial charge in [-0.25, -0.2) is 0 Å². The van der Waals surface area contributed by atoms with Crippen molar-refractivity contribution in [3.8, 4) is 0 Å². The molecule has 18 heavy (non-hydrogen) atoms. The summed E-state index contributed by atoms with van der Waals surface area (Å²) < 4.78 is 0. The van der Waals surface area contributed by atoms with Gasteiger partial charge in [0.25, 0.3) is 0 Å². The molecule has 0 radical (unpaired) electrons. The molecular weight excluding hydrogens is 302 g/mol. The van der Waals surface area contributed by atoms with Crippen molar-refractivity contribution in [1.82, 2.24) is 0 Å². The van der Waals surface area contributed by atoms with Crippen LogP contribution in [0.4, 0.5) is 0 Å². The Balaban J connectivity index is 1.73. The van der Waals surface area contributed by atoms with E-state index >= 15 is 0 Å². The van der Waals surface area contributed by atoms with E-state index in [1.54, 1.807) is 0 Å². The molecule has 0 atom stereocenters. The van der Waals surface area contributed by atoms with Crippen LogP contribution in [0, 0.1) is 0 Å². The van der Waals surface area contributed by atoms with Gasteiger partial charge >= 0.3 is 118 Å². The SMILES string of the molecule is [Se]=[P+](CCc1ccccc1)CCc1ccccc1. The summed E-state index contributed by atoms with van der Waals surface area (Å²) in [6, 6.07) is 21.6. The van der Waals surface area contributed by atoms with Crippen LogP contribution in [0.25, 0.3) is 0 Å². The van der Waals surface area contributed by atoms with E-state index in [1.807, 2.05) is 0 Å². The first-order valence-corrected chi connectivity index (χ1v) is 10.3. The van der Waals surface area contributed by atoms with Gasteiger partial charge in [0.15, 0.2) is 0 Å². The Labute approximate surface area is 118 Å². The predicted octanol–water partition coefficient (Wildman–Crippen LogP) is 4.04. The number of hydrogen-bond acceptors (Lipinski definition) is 0. The van der Waals surface area contributed by atoms with Crippen molar-refractivity contribution in [3.63, 3.8) is 0 Å². The van der Waals surface area contributed by atoms with E-state index in [0.717, 1.165) is 0 Å². The van der Waals surface area contributed by atoms with Crippen LogP contribution in [0.3, 0.4) is 0 Å². The molecule has 0 spiro atoms. The van der Waals surface area contributed by atoms with Crippen LogP contribution < -0.4 is 0 Å². The minimum atomic E-state index is 0.0471. The Bertz CT molecular complexity index is 433. The summed E-state index contributed by atoms with van der Waals surface area (Å²) in [6.07, 6.45) is 5.05. The van der Waals surface area contributed by atoms with Crippen LogP contribution in [0.5, 0.6) is 0 Å². The zero-order valence-electron chi connectivity index (χ0n) is 10.5. The molecule has 0 aromatic heterocycles. The van der Waals surface area contributed by atoms with Gasteiger partial charge in [0.2, 0.25) is 0 Å². The molecule has 2 aromatic carbocycles. The predicted molar refractivity (Wildman–Crippen MR) is 82.7 cm³/mol. The summed E-state index contributed by atoms with van der Waals surface area (Å²) in [5.41, 5.74) is 2.92. The van der Waals surface area contributed by atoms with E-state index in [0.29, 0.717) is 0 Å². The first-order chi connectivity index (χ1) is 8.84. The van der Waals surface area contributed by atoms with Crippen LogP contribution in [0.15, 0.2) is 60.7 Å². The zero-order chi connectivity index (χ0) is 12.6. The topological polar surface area (TPSA) is 0 Å². The van der Waals surface area contributed by atoms with E-state index in [2.05, 4.69) is 75.8 Å². The van der Waals surface area contributed by atoms with Gasteiger partial charge < -0.3 is 0 Å². The standard InChI is InChI=1S/C16H18PSe/c18-17(13-11-15-7-3-1-4-8-15)14-12-16-9-5-2-6-10-16/h1-10H,11-14H2/q+1. The van der Waals surface area contributed by atoms with Crippen LogP contribution in [0.2, 0.25) is 0 Å².